The number of rotatable bonds is 4. The number of hydrogen-bond acceptors (Lipinski definition) is 7. The van der Waals surface area contributed by atoms with Gasteiger partial charge < -0.3 is 10.1 Å². The topological polar surface area (TPSA) is 88.1 Å². The Morgan fingerprint density at radius 1 is 0.952 bits per heavy atom. The molecule has 0 atom stereocenters. The van der Waals surface area contributed by atoms with Crippen LogP contribution in [0.1, 0.15) is 57.8 Å². The summed E-state index contributed by atoms with van der Waals surface area (Å²) in [4.78, 5) is 42.7. The van der Waals surface area contributed by atoms with E-state index in [1.807, 2.05) is 42.5 Å². The van der Waals surface area contributed by atoms with Gasteiger partial charge in [0.2, 0.25) is 17.5 Å². The SMILES string of the molecule is COc1cc(NC(=O)C2CCC3(CC2)OOC2(OO3)C3CC4CC(C3)CC2C4)c2ncccc2c1-c1ccc(Cl)cc1. The first-order chi connectivity index (χ1) is 20.5. The summed E-state index contributed by atoms with van der Waals surface area (Å²) >= 11 is 6.13. The molecule has 6 fully saturated rings. The van der Waals surface area contributed by atoms with E-state index >= 15 is 0 Å². The Balaban J connectivity index is 0.965. The largest absolute Gasteiger partial charge is 0.496 e. The lowest BCUT2D eigenvalue weighted by Gasteiger charge is -2.60. The molecule has 9 heteroatoms. The van der Waals surface area contributed by atoms with Crippen LogP contribution in [0.4, 0.5) is 5.69 Å². The van der Waals surface area contributed by atoms with Crippen molar-refractivity contribution < 1.29 is 29.1 Å². The Hall–Kier alpha value is -2.75. The fourth-order valence-corrected chi connectivity index (χ4v) is 8.67. The van der Waals surface area contributed by atoms with Crippen LogP contribution in [0.2, 0.25) is 5.02 Å². The highest BCUT2D eigenvalue weighted by atomic mass is 35.5. The highest BCUT2D eigenvalue weighted by Crippen LogP contribution is 2.62. The number of carbonyl (C=O) groups is 1. The first kappa shape index (κ1) is 26.8. The van der Waals surface area contributed by atoms with Crippen molar-refractivity contribution >= 4 is 34.1 Å². The fraction of sp³-hybridized carbons (Fsp3) is 0.515. The van der Waals surface area contributed by atoms with Crippen LogP contribution in [0.25, 0.3) is 22.0 Å². The molecule has 2 spiro atoms. The minimum Gasteiger partial charge on any atom is -0.496 e. The third kappa shape index (κ3) is 4.34. The molecule has 1 saturated heterocycles. The highest BCUT2D eigenvalue weighted by Gasteiger charge is 2.64. The van der Waals surface area contributed by atoms with E-state index in [0.29, 0.717) is 59.5 Å². The van der Waals surface area contributed by atoms with Gasteiger partial charge in [-0.1, -0.05) is 29.8 Å². The minimum atomic E-state index is -0.964. The Kier molecular flexibility index (Phi) is 6.50. The number of anilines is 1. The molecule has 1 aliphatic heterocycles. The van der Waals surface area contributed by atoms with Gasteiger partial charge in [0.05, 0.1) is 18.3 Å². The molecule has 1 amide bonds. The van der Waals surface area contributed by atoms with E-state index in [1.165, 1.54) is 6.42 Å². The zero-order valence-electron chi connectivity index (χ0n) is 23.6. The molecule has 1 N–H and O–H groups in total. The van der Waals surface area contributed by atoms with Crippen molar-refractivity contribution in [2.45, 2.75) is 69.4 Å². The number of fused-ring (bicyclic) bond motifs is 1. The van der Waals surface area contributed by atoms with Gasteiger partial charge in [-0.05, 0) is 80.5 Å². The molecule has 9 rings (SSSR count). The molecule has 3 aromatic rings. The minimum absolute atomic E-state index is 0.0618. The van der Waals surface area contributed by atoms with Crippen molar-refractivity contribution in [3.05, 3.63) is 53.7 Å². The maximum atomic E-state index is 13.5. The Labute approximate surface area is 249 Å². The standard InChI is InChI=1S/C33H35ClN2O6/c1-38-28-18-27(30-26(3-2-12-35-30)29(28)21-4-6-25(34)7-5-21)36-31(37)22-8-10-32(11-9-22)39-41-33(42-40-32)23-14-19-13-20(16-23)17-24(33)15-19/h2-7,12,18-20,22-24H,8-11,13-17H2,1H3,(H,36,37). The van der Waals surface area contributed by atoms with Gasteiger partial charge in [0.1, 0.15) is 5.75 Å². The van der Waals surface area contributed by atoms with Crippen LogP contribution in [0, 0.1) is 29.6 Å². The van der Waals surface area contributed by atoms with Gasteiger partial charge in [0.25, 0.3) is 0 Å². The van der Waals surface area contributed by atoms with Crippen LogP contribution in [0.15, 0.2) is 48.7 Å². The van der Waals surface area contributed by atoms with Gasteiger partial charge in [-0.2, -0.15) is 19.6 Å². The van der Waals surface area contributed by atoms with Crippen molar-refractivity contribution in [1.29, 1.82) is 0 Å². The predicted octanol–water partition coefficient (Wildman–Crippen LogP) is 7.45. The number of halogens is 1. The van der Waals surface area contributed by atoms with Gasteiger partial charge in [0, 0.05) is 58.8 Å². The third-order valence-corrected chi connectivity index (χ3v) is 10.8. The second-order valence-electron chi connectivity index (χ2n) is 12.9. The molecule has 2 heterocycles. The van der Waals surface area contributed by atoms with Crippen LogP contribution < -0.4 is 10.1 Å². The summed E-state index contributed by atoms with van der Waals surface area (Å²) < 4.78 is 5.79. The van der Waals surface area contributed by atoms with Crippen molar-refractivity contribution in [2.75, 3.05) is 12.4 Å². The van der Waals surface area contributed by atoms with Gasteiger partial charge in [0.15, 0.2) is 0 Å². The summed E-state index contributed by atoms with van der Waals surface area (Å²) in [5.74, 6) is 0.889. The number of nitrogens with zero attached hydrogens (tertiary/aromatic N) is 1. The highest BCUT2D eigenvalue weighted by molar-refractivity contribution is 6.30. The first-order valence-electron chi connectivity index (χ1n) is 15.2. The molecular weight excluding hydrogens is 556 g/mol. The van der Waals surface area contributed by atoms with Crippen LogP contribution in [-0.2, 0) is 24.3 Å². The lowest BCUT2D eigenvalue weighted by molar-refractivity contribution is -0.680. The summed E-state index contributed by atoms with van der Waals surface area (Å²) in [6.07, 6.45) is 9.81. The number of aromatic nitrogens is 1. The second-order valence-corrected chi connectivity index (χ2v) is 13.4. The molecule has 8 nitrogen and oxygen atoms in total. The Morgan fingerprint density at radius 3 is 2.26 bits per heavy atom. The van der Waals surface area contributed by atoms with E-state index in [-0.39, 0.29) is 11.8 Å². The van der Waals surface area contributed by atoms with Crippen molar-refractivity contribution in [1.82, 2.24) is 4.98 Å². The van der Waals surface area contributed by atoms with Gasteiger partial charge >= 0.3 is 0 Å². The lowest BCUT2D eigenvalue weighted by atomic mass is 9.53. The smallest absolute Gasteiger partial charge is 0.239 e. The molecular formula is C33H35ClN2O6. The van der Waals surface area contributed by atoms with E-state index in [1.54, 1.807) is 13.3 Å². The molecule has 5 aliphatic carbocycles. The normalized spacial score (nSPS) is 35.1. The summed E-state index contributed by atoms with van der Waals surface area (Å²) in [5, 5.41) is 4.69. The van der Waals surface area contributed by atoms with Crippen LogP contribution >= 0.6 is 11.6 Å². The molecule has 2 aromatic carbocycles. The van der Waals surface area contributed by atoms with Crippen LogP contribution in [0.3, 0.4) is 0 Å². The van der Waals surface area contributed by atoms with E-state index in [4.69, 9.17) is 35.9 Å². The summed E-state index contributed by atoms with van der Waals surface area (Å²) in [7, 11) is 1.63. The maximum absolute atomic E-state index is 13.5. The molecule has 42 heavy (non-hydrogen) atoms. The second kappa shape index (κ2) is 10.2. The van der Waals surface area contributed by atoms with E-state index < -0.39 is 11.6 Å². The number of carbonyl (C=O) groups excluding carboxylic acids is 1. The Morgan fingerprint density at radius 2 is 1.62 bits per heavy atom. The maximum Gasteiger partial charge on any atom is 0.239 e. The van der Waals surface area contributed by atoms with Gasteiger partial charge in [-0.15, -0.1) is 0 Å². The van der Waals surface area contributed by atoms with Gasteiger partial charge in [-0.25, -0.2) is 0 Å². The molecule has 0 radical (unpaired) electrons. The molecule has 4 bridgehead atoms. The van der Waals surface area contributed by atoms with Crippen LogP contribution in [0.5, 0.6) is 5.75 Å². The number of amides is 1. The van der Waals surface area contributed by atoms with Crippen molar-refractivity contribution in [2.24, 2.45) is 29.6 Å². The summed E-state index contributed by atoms with van der Waals surface area (Å²) in [6.45, 7) is 0. The molecule has 6 aliphatic rings. The number of methoxy groups -OCH3 is 1. The summed E-state index contributed by atoms with van der Waals surface area (Å²) in [6, 6.07) is 13.3. The number of ether oxygens (including phenoxy) is 1. The number of pyridine rings is 1. The fourth-order valence-electron chi connectivity index (χ4n) is 8.54. The molecule has 1 aromatic heterocycles. The predicted molar refractivity (Wildman–Crippen MR) is 156 cm³/mol. The molecule has 0 unspecified atom stereocenters. The van der Waals surface area contributed by atoms with E-state index in [9.17, 15) is 4.79 Å². The average Bonchev–Trinajstić information content (AvgIpc) is 3.01. The quantitative estimate of drug-likeness (QED) is 0.316. The van der Waals surface area contributed by atoms with E-state index in [0.717, 1.165) is 54.0 Å². The number of hydrogen-bond donors (Lipinski definition) is 1. The van der Waals surface area contributed by atoms with E-state index in [2.05, 4.69) is 10.3 Å². The molecule has 5 saturated carbocycles. The Bertz CT molecular complexity index is 1480. The number of benzene rings is 2. The first-order valence-corrected chi connectivity index (χ1v) is 15.6. The average molecular weight is 591 g/mol. The monoisotopic (exact) mass is 590 g/mol. The van der Waals surface area contributed by atoms with Gasteiger partial charge in [-0.3, -0.25) is 9.78 Å². The van der Waals surface area contributed by atoms with Crippen molar-refractivity contribution in [3.8, 4) is 16.9 Å². The summed E-state index contributed by atoms with van der Waals surface area (Å²) in [5.41, 5.74) is 3.17. The number of nitrogens with one attached hydrogen (secondary N) is 1. The zero-order valence-corrected chi connectivity index (χ0v) is 24.4. The molecule has 220 valence electrons. The van der Waals surface area contributed by atoms with Crippen LogP contribution in [-0.4, -0.2) is 29.6 Å². The zero-order chi connectivity index (χ0) is 28.5. The van der Waals surface area contributed by atoms with Crippen molar-refractivity contribution in [3.63, 3.8) is 0 Å². The lowest BCUT2D eigenvalue weighted by Crippen LogP contribution is -2.64. The third-order valence-electron chi connectivity index (χ3n) is 10.5.